The van der Waals surface area contributed by atoms with E-state index in [0.29, 0.717) is 0 Å². The number of hydrogen-bond acceptors (Lipinski definition) is 9. The van der Waals surface area contributed by atoms with Crippen LogP contribution >= 0.6 is 12.6 Å². The summed E-state index contributed by atoms with van der Waals surface area (Å²) in [5.74, 6) is -5.71. The number of rotatable bonds is 14. The molecular weight excluding hydrogens is 466 g/mol. The number of thiol groups is 1. The average Bonchev–Trinajstić information content (AvgIpc) is 2.75. The lowest BCUT2D eigenvalue weighted by molar-refractivity contribution is -0.754. The van der Waals surface area contributed by atoms with Gasteiger partial charge in [-0.3, -0.25) is 24.5 Å². The lowest BCUT2D eigenvalue weighted by atomic mass is 10.0. The first-order valence-corrected chi connectivity index (χ1v) is 9.82. The molecule has 0 aliphatic carbocycles. The number of carboxylic acid groups (broad SMARTS) is 2. The number of benzene rings is 1. The third-order valence-corrected chi connectivity index (χ3v) is 4.76. The Morgan fingerprint density at radius 1 is 1.12 bits per heavy atom. The zero-order valence-corrected chi connectivity index (χ0v) is 17.8. The molecule has 0 radical (unpaired) electrons. The van der Waals surface area contributed by atoms with Gasteiger partial charge in [0.2, 0.25) is 11.8 Å². The number of hydrogen-bond donors (Lipinski definition) is 5. The lowest BCUT2D eigenvalue weighted by Gasteiger charge is -2.27. The Kier molecular flexibility index (Phi) is 10.00. The maximum Gasteiger partial charge on any atom is 0.439 e. The van der Waals surface area contributed by atoms with Crippen LogP contribution in [-0.4, -0.2) is 72.9 Å². The van der Waals surface area contributed by atoms with Gasteiger partial charge in [0.15, 0.2) is 5.03 Å². The summed E-state index contributed by atoms with van der Waals surface area (Å²) in [5.41, 5.74) is -3.07. The third-order valence-electron chi connectivity index (χ3n) is 4.39. The molecule has 0 saturated carbocycles. The quantitative estimate of drug-likeness (QED) is 0.0939. The van der Waals surface area contributed by atoms with Crippen LogP contribution in [0, 0.1) is 20.2 Å². The molecule has 33 heavy (non-hydrogen) atoms. The molecule has 0 aliphatic rings. The molecule has 0 fully saturated rings. The van der Waals surface area contributed by atoms with E-state index in [4.69, 9.17) is 5.11 Å². The summed E-state index contributed by atoms with van der Waals surface area (Å²) in [6.45, 7) is -1.47. The van der Waals surface area contributed by atoms with Crippen LogP contribution in [0.5, 0.6) is 0 Å². The van der Waals surface area contributed by atoms with Crippen molar-refractivity contribution in [3.63, 3.8) is 0 Å². The molecular formula is C17H21N5O10S. The van der Waals surface area contributed by atoms with E-state index in [1.54, 1.807) is 6.07 Å². The van der Waals surface area contributed by atoms with Crippen LogP contribution in [-0.2, 0) is 25.7 Å². The Bertz CT molecular complexity index is 899. The van der Waals surface area contributed by atoms with Gasteiger partial charge in [-0.05, 0) is 10.6 Å². The van der Waals surface area contributed by atoms with Crippen LogP contribution in [0.15, 0.2) is 30.3 Å². The molecule has 1 aromatic rings. The van der Waals surface area contributed by atoms with E-state index >= 15 is 0 Å². The van der Waals surface area contributed by atoms with E-state index in [9.17, 15) is 44.5 Å². The van der Waals surface area contributed by atoms with Gasteiger partial charge in [0.05, 0.1) is 11.3 Å². The number of amides is 2. The summed E-state index contributed by atoms with van der Waals surface area (Å²) >= 11 is 3.86. The molecule has 0 heterocycles. The van der Waals surface area contributed by atoms with Crippen molar-refractivity contribution < 1.29 is 39.3 Å². The molecule has 15 nitrogen and oxygen atoms in total. The second-order valence-electron chi connectivity index (χ2n) is 6.57. The zero-order chi connectivity index (χ0) is 25.2. The van der Waals surface area contributed by atoms with Gasteiger partial charge in [-0.1, -0.05) is 30.3 Å². The summed E-state index contributed by atoms with van der Waals surface area (Å²) < 4.78 is 0. The van der Waals surface area contributed by atoms with Crippen LogP contribution in [0.25, 0.3) is 0 Å². The van der Waals surface area contributed by atoms with E-state index < -0.39 is 71.3 Å². The first kappa shape index (κ1) is 27.1. The van der Waals surface area contributed by atoms with E-state index in [-0.39, 0.29) is 16.3 Å². The molecule has 1 rings (SSSR count). The number of nitrogens with zero attached hydrogens (tertiary/aromatic N) is 3. The fourth-order valence-corrected chi connectivity index (χ4v) is 2.98. The summed E-state index contributed by atoms with van der Waals surface area (Å²) in [5, 5.41) is 44.4. The topological polar surface area (TPSA) is 222 Å². The number of carboxylic acids is 2. The van der Waals surface area contributed by atoms with Gasteiger partial charge < -0.3 is 20.8 Å². The number of carbonyl (C=O) groups is 4. The van der Waals surface area contributed by atoms with E-state index in [2.05, 4.69) is 17.9 Å². The van der Waals surface area contributed by atoms with E-state index in [1.165, 1.54) is 24.3 Å². The SMILES string of the molecule is O=C(O)CNC(=O)[C@H](CS)NC(=O)CC[C@@](C(=O)O)(N(Cc1ccccc1)[N+](=O)[O-])[N+](=O)[O-]. The molecule has 16 heteroatoms. The van der Waals surface area contributed by atoms with Gasteiger partial charge in [0.1, 0.15) is 19.1 Å². The van der Waals surface area contributed by atoms with Gasteiger partial charge in [0, 0.05) is 12.2 Å². The van der Waals surface area contributed by atoms with Gasteiger partial charge in [-0.2, -0.15) is 12.6 Å². The number of nitrogens with one attached hydrogen (secondary N) is 2. The highest BCUT2D eigenvalue weighted by Gasteiger charge is 2.62. The molecule has 0 bridgehead atoms. The van der Waals surface area contributed by atoms with Crippen molar-refractivity contribution in [3.05, 3.63) is 56.1 Å². The van der Waals surface area contributed by atoms with Crippen LogP contribution in [0.3, 0.4) is 0 Å². The Labute approximate surface area is 191 Å². The van der Waals surface area contributed by atoms with Crippen molar-refractivity contribution in [2.75, 3.05) is 12.3 Å². The maximum absolute atomic E-state index is 12.3. The second-order valence-corrected chi connectivity index (χ2v) is 6.94. The van der Waals surface area contributed by atoms with Crippen LogP contribution in [0.1, 0.15) is 18.4 Å². The smallest absolute Gasteiger partial charge is 0.439 e. The minimum atomic E-state index is -3.29. The minimum Gasteiger partial charge on any atom is -0.480 e. The molecule has 2 amide bonds. The van der Waals surface area contributed by atoms with Gasteiger partial charge in [-0.25, -0.2) is 14.9 Å². The fourth-order valence-electron chi connectivity index (χ4n) is 2.72. The van der Waals surface area contributed by atoms with Crippen LogP contribution in [0.2, 0.25) is 0 Å². The molecule has 0 saturated heterocycles. The Hall–Kier alpha value is -3.95. The normalized spacial score (nSPS) is 13.1. The van der Waals surface area contributed by atoms with Crippen molar-refractivity contribution in [2.45, 2.75) is 31.1 Å². The van der Waals surface area contributed by atoms with Crippen molar-refractivity contribution in [3.8, 4) is 0 Å². The molecule has 0 aliphatic heterocycles. The molecule has 4 N–H and O–H groups in total. The van der Waals surface area contributed by atoms with Crippen molar-refractivity contribution >= 4 is 36.4 Å². The number of carbonyl (C=O) groups excluding carboxylic acids is 2. The maximum atomic E-state index is 12.3. The highest BCUT2D eigenvalue weighted by atomic mass is 32.1. The Morgan fingerprint density at radius 2 is 1.73 bits per heavy atom. The molecule has 1 aromatic carbocycles. The number of nitro groups is 2. The molecule has 0 unspecified atom stereocenters. The monoisotopic (exact) mass is 487 g/mol. The summed E-state index contributed by atoms with van der Waals surface area (Å²) in [4.78, 5) is 68.6. The first-order chi connectivity index (χ1) is 15.4. The standard InChI is InChI=1S/C17H21N5O10S/c23-13(19-12(10-33)15(26)18-8-14(24)25)6-7-17(16(27)28,21(29)30)20(22(31)32)9-11-4-2-1-3-5-11/h1-5,12,33H,6-10H2,(H,18,26)(H,19,23)(H,24,25)(H,27,28)/t12-,17+/m0/s1. The van der Waals surface area contributed by atoms with Gasteiger partial charge in [0.25, 0.3) is 0 Å². The largest absolute Gasteiger partial charge is 0.480 e. The number of aliphatic carboxylic acids is 2. The molecule has 2 atom stereocenters. The molecule has 0 spiro atoms. The Balaban J connectivity index is 3.08. The molecule has 180 valence electrons. The summed E-state index contributed by atoms with van der Waals surface area (Å²) in [6.07, 6.45) is -1.98. The predicted molar refractivity (Wildman–Crippen MR) is 112 cm³/mol. The lowest BCUT2D eigenvalue weighted by Crippen LogP contribution is -2.62. The minimum absolute atomic E-state index is 0.0758. The predicted octanol–water partition coefficient (Wildman–Crippen LogP) is -0.866. The molecule has 0 aromatic heterocycles. The Morgan fingerprint density at radius 3 is 2.18 bits per heavy atom. The van der Waals surface area contributed by atoms with Crippen LogP contribution in [0.4, 0.5) is 0 Å². The highest BCUT2D eigenvalue weighted by molar-refractivity contribution is 7.80. The second kappa shape index (κ2) is 12.2. The first-order valence-electron chi connectivity index (χ1n) is 9.19. The van der Waals surface area contributed by atoms with Crippen molar-refractivity contribution in [1.29, 1.82) is 0 Å². The van der Waals surface area contributed by atoms with Gasteiger partial charge >= 0.3 is 17.6 Å². The highest BCUT2D eigenvalue weighted by Crippen LogP contribution is 2.26. The summed E-state index contributed by atoms with van der Waals surface area (Å²) in [7, 11) is 0. The fraction of sp³-hybridized carbons (Fsp3) is 0.412. The van der Waals surface area contributed by atoms with Crippen LogP contribution < -0.4 is 10.6 Å². The average molecular weight is 487 g/mol. The number of hydrazine groups is 1. The van der Waals surface area contributed by atoms with Crippen molar-refractivity contribution in [2.24, 2.45) is 0 Å². The van der Waals surface area contributed by atoms with E-state index in [0.717, 1.165) is 0 Å². The zero-order valence-electron chi connectivity index (χ0n) is 16.9. The van der Waals surface area contributed by atoms with Gasteiger partial charge in [-0.15, -0.1) is 0 Å². The third kappa shape index (κ3) is 7.30. The van der Waals surface area contributed by atoms with E-state index in [1.807, 2.05) is 5.32 Å². The van der Waals surface area contributed by atoms with Crippen molar-refractivity contribution in [1.82, 2.24) is 15.6 Å². The summed E-state index contributed by atoms with van der Waals surface area (Å²) in [6, 6.07) is 6.08.